The molecule has 0 fully saturated rings. The van der Waals surface area contributed by atoms with E-state index < -0.39 is 0 Å². The summed E-state index contributed by atoms with van der Waals surface area (Å²) in [5.74, 6) is 3.48. The van der Waals surface area contributed by atoms with Gasteiger partial charge in [0.15, 0.2) is 0 Å². The van der Waals surface area contributed by atoms with Gasteiger partial charge in [-0.3, -0.25) is 0 Å². The third-order valence-electron chi connectivity index (χ3n) is 11.9. The van der Waals surface area contributed by atoms with Crippen molar-refractivity contribution in [3.05, 3.63) is 129 Å². The van der Waals surface area contributed by atoms with Crippen LogP contribution in [0.15, 0.2) is 84.9 Å². The van der Waals surface area contributed by atoms with E-state index in [0.717, 1.165) is 23.0 Å². The lowest BCUT2D eigenvalue weighted by Gasteiger charge is -2.25. The average Bonchev–Trinajstić information content (AvgIpc) is 3.16. The lowest BCUT2D eigenvalue weighted by atomic mass is 9.79. The van der Waals surface area contributed by atoms with Gasteiger partial charge >= 0.3 is 0 Å². The Balaban J connectivity index is 1.62. The molecule has 282 valence electrons. The van der Waals surface area contributed by atoms with Gasteiger partial charge in [-0.1, -0.05) is 24.3 Å². The summed E-state index contributed by atoms with van der Waals surface area (Å²) in [6.07, 6.45) is 0. The Kier molecular flexibility index (Phi) is 9.20. The summed E-state index contributed by atoms with van der Waals surface area (Å²) in [6, 6.07) is 31.6. The molecular weight excluding hydrogens is 689 g/mol. The molecule has 8 aromatic rings. The van der Waals surface area contributed by atoms with E-state index in [0.29, 0.717) is 0 Å². The van der Waals surface area contributed by atoms with Crippen LogP contribution in [0.1, 0.15) is 44.5 Å². The molecule has 0 atom stereocenters. The van der Waals surface area contributed by atoms with Gasteiger partial charge in [0.25, 0.3) is 0 Å². The predicted octanol–water partition coefficient (Wildman–Crippen LogP) is 13.8. The number of rotatable bonds is 8. The van der Waals surface area contributed by atoms with E-state index >= 15 is 0 Å². The van der Waals surface area contributed by atoms with Gasteiger partial charge in [0.1, 0.15) is 23.0 Å². The molecule has 4 nitrogen and oxygen atoms in total. The van der Waals surface area contributed by atoms with E-state index in [-0.39, 0.29) is 0 Å². The zero-order valence-electron chi connectivity index (χ0n) is 34.7. The van der Waals surface area contributed by atoms with E-state index in [9.17, 15) is 0 Å². The fraction of sp³-hybridized carbons (Fsp3) is 0.231. The van der Waals surface area contributed by atoms with Crippen molar-refractivity contribution < 1.29 is 18.9 Å². The second-order valence-electron chi connectivity index (χ2n) is 15.6. The topological polar surface area (TPSA) is 36.9 Å². The van der Waals surface area contributed by atoms with Crippen LogP contribution in [-0.2, 0) is 0 Å². The van der Waals surface area contributed by atoms with Gasteiger partial charge in [0, 0.05) is 0 Å². The summed E-state index contributed by atoms with van der Waals surface area (Å²) in [5, 5.41) is 7.47. The van der Waals surface area contributed by atoms with Gasteiger partial charge in [-0.2, -0.15) is 0 Å². The minimum Gasteiger partial charge on any atom is -0.497 e. The first-order valence-corrected chi connectivity index (χ1v) is 19.3. The van der Waals surface area contributed by atoms with Gasteiger partial charge in [0.05, 0.1) is 28.4 Å². The first-order valence-electron chi connectivity index (χ1n) is 19.3. The SMILES string of the molecule is COc1cc(C)c(-c2cc(-c3c(C)cc(OC)cc3C)c3ccc4c(-c5c(C)cc(OC)cc5C)cc(-c5c(C)cc(OC)cc5C)c5ccc2c3c54)c(C)c1. The lowest BCUT2D eigenvalue weighted by Crippen LogP contribution is -2.00. The number of ether oxygens (including phenoxy) is 4. The number of hydrogen-bond donors (Lipinski definition) is 0. The third-order valence-corrected chi connectivity index (χ3v) is 11.9. The number of aryl methyl sites for hydroxylation is 8. The zero-order valence-corrected chi connectivity index (χ0v) is 34.7. The smallest absolute Gasteiger partial charge is 0.119 e. The van der Waals surface area contributed by atoms with E-state index in [1.165, 1.54) is 121 Å². The Bertz CT molecular complexity index is 2400. The molecule has 0 heterocycles. The van der Waals surface area contributed by atoms with Crippen molar-refractivity contribution in [2.24, 2.45) is 0 Å². The molecule has 56 heavy (non-hydrogen) atoms. The quantitative estimate of drug-likeness (QED) is 0.145. The summed E-state index contributed by atoms with van der Waals surface area (Å²) in [7, 11) is 6.96. The number of hydrogen-bond acceptors (Lipinski definition) is 4. The number of methoxy groups -OCH3 is 4. The Morgan fingerprint density at radius 3 is 0.607 bits per heavy atom. The van der Waals surface area contributed by atoms with Crippen molar-refractivity contribution in [2.75, 3.05) is 28.4 Å². The Hall–Kier alpha value is -6.00. The Morgan fingerprint density at radius 1 is 0.268 bits per heavy atom. The molecule has 4 heteroatoms. The maximum atomic E-state index is 5.74. The molecule has 0 aromatic heterocycles. The van der Waals surface area contributed by atoms with Gasteiger partial charge < -0.3 is 18.9 Å². The van der Waals surface area contributed by atoms with Crippen LogP contribution in [0.2, 0.25) is 0 Å². The molecule has 0 unspecified atom stereocenters. The standard InChI is InChI=1S/C52H50O4/c1-27-17-35(53-9)18-28(2)47(27)43-25-44(48-29(3)19-36(54-10)20-30(48)4)40-15-16-42-46(50-33(7)23-38(56-12)24-34(50)8)26-45(41-14-13-39(43)51(40)52(41)42)49-31(5)21-37(55-11)22-32(49)6/h13-26H,1-12H3. The van der Waals surface area contributed by atoms with E-state index in [2.05, 4.69) is 140 Å². The minimum absolute atomic E-state index is 0.869. The summed E-state index contributed by atoms with van der Waals surface area (Å²) < 4.78 is 23.0. The summed E-state index contributed by atoms with van der Waals surface area (Å²) in [4.78, 5) is 0. The van der Waals surface area contributed by atoms with Crippen LogP contribution in [0.4, 0.5) is 0 Å². The van der Waals surface area contributed by atoms with Crippen LogP contribution in [0.3, 0.4) is 0 Å². The van der Waals surface area contributed by atoms with Crippen LogP contribution in [0.25, 0.3) is 76.8 Å². The maximum absolute atomic E-state index is 5.74. The first kappa shape index (κ1) is 36.9. The van der Waals surface area contributed by atoms with Gasteiger partial charge in [-0.05, 0) is 237 Å². The summed E-state index contributed by atoms with van der Waals surface area (Å²) in [5.41, 5.74) is 19.3. The highest BCUT2D eigenvalue weighted by molar-refractivity contribution is 6.32. The van der Waals surface area contributed by atoms with Crippen molar-refractivity contribution in [2.45, 2.75) is 55.4 Å². The molecule has 0 aliphatic rings. The van der Waals surface area contributed by atoms with Gasteiger partial charge in [-0.25, -0.2) is 0 Å². The highest BCUT2D eigenvalue weighted by Gasteiger charge is 2.25. The molecule has 0 N–H and O–H groups in total. The van der Waals surface area contributed by atoms with Crippen LogP contribution >= 0.6 is 0 Å². The highest BCUT2D eigenvalue weighted by Crippen LogP contribution is 2.51. The fourth-order valence-corrected chi connectivity index (χ4v) is 9.69. The molecule has 0 radical (unpaired) electrons. The second-order valence-corrected chi connectivity index (χ2v) is 15.6. The number of benzene rings is 8. The van der Waals surface area contributed by atoms with Crippen molar-refractivity contribution in [3.63, 3.8) is 0 Å². The summed E-state index contributed by atoms with van der Waals surface area (Å²) in [6.45, 7) is 17.6. The average molecular weight is 739 g/mol. The third kappa shape index (κ3) is 5.73. The summed E-state index contributed by atoms with van der Waals surface area (Å²) >= 11 is 0. The van der Waals surface area contributed by atoms with Gasteiger partial charge in [0.2, 0.25) is 0 Å². The fourth-order valence-electron chi connectivity index (χ4n) is 9.69. The first-order chi connectivity index (χ1) is 26.9. The van der Waals surface area contributed by atoms with Crippen molar-refractivity contribution in [1.82, 2.24) is 0 Å². The van der Waals surface area contributed by atoms with Crippen molar-refractivity contribution >= 4 is 32.3 Å². The van der Waals surface area contributed by atoms with E-state index in [4.69, 9.17) is 18.9 Å². The van der Waals surface area contributed by atoms with Gasteiger partial charge in [-0.15, -0.1) is 0 Å². The molecule has 0 bridgehead atoms. The van der Waals surface area contributed by atoms with Crippen LogP contribution in [0.5, 0.6) is 23.0 Å². The molecule has 0 aliphatic carbocycles. The predicted molar refractivity (Wildman–Crippen MR) is 236 cm³/mol. The molecule has 0 spiro atoms. The molecule has 0 saturated heterocycles. The van der Waals surface area contributed by atoms with Crippen molar-refractivity contribution in [1.29, 1.82) is 0 Å². The van der Waals surface area contributed by atoms with E-state index in [1.807, 2.05) is 0 Å². The highest BCUT2D eigenvalue weighted by atomic mass is 16.5. The monoisotopic (exact) mass is 738 g/mol. The molecule has 0 aliphatic heterocycles. The lowest BCUT2D eigenvalue weighted by molar-refractivity contribution is 0.414. The van der Waals surface area contributed by atoms with Crippen LogP contribution in [0, 0.1) is 55.4 Å². The normalized spacial score (nSPS) is 11.6. The van der Waals surface area contributed by atoms with Crippen LogP contribution in [-0.4, -0.2) is 28.4 Å². The molecular formula is C52H50O4. The minimum atomic E-state index is 0.869. The second kappa shape index (κ2) is 13.9. The molecule has 8 rings (SSSR count). The van der Waals surface area contributed by atoms with Crippen LogP contribution < -0.4 is 18.9 Å². The maximum Gasteiger partial charge on any atom is 0.119 e. The zero-order chi connectivity index (χ0) is 39.7. The molecule has 8 aromatic carbocycles. The van der Waals surface area contributed by atoms with Crippen molar-refractivity contribution in [3.8, 4) is 67.5 Å². The largest absolute Gasteiger partial charge is 0.497 e. The Morgan fingerprint density at radius 2 is 0.446 bits per heavy atom. The molecule has 0 amide bonds. The van der Waals surface area contributed by atoms with E-state index in [1.54, 1.807) is 28.4 Å². The molecule has 0 saturated carbocycles. The Labute approximate surface area is 331 Å².